The van der Waals surface area contributed by atoms with Gasteiger partial charge in [-0.15, -0.1) is 0 Å². The lowest BCUT2D eigenvalue weighted by Gasteiger charge is -2.20. The van der Waals surface area contributed by atoms with Crippen molar-refractivity contribution in [1.82, 2.24) is 15.4 Å². The van der Waals surface area contributed by atoms with Crippen molar-refractivity contribution in [3.63, 3.8) is 0 Å². The van der Waals surface area contributed by atoms with E-state index in [0.29, 0.717) is 11.5 Å². The number of amides is 1. The first-order chi connectivity index (χ1) is 12.8. The van der Waals surface area contributed by atoms with Crippen molar-refractivity contribution >= 4 is 11.7 Å². The van der Waals surface area contributed by atoms with Gasteiger partial charge in [-0.3, -0.25) is 9.89 Å². The Labute approximate surface area is 152 Å². The number of nitrogens with zero attached hydrogens (tertiary/aromatic N) is 2. The van der Waals surface area contributed by atoms with Gasteiger partial charge in [-0.2, -0.15) is 5.10 Å². The summed E-state index contributed by atoms with van der Waals surface area (Å²) >= 11 is 0. The number of rotatable bonds is 5. The van der Waals surface area contributed by atoms with E-state index in [1.807, 2.05) is 36.4 Å². The Kier molecular flexibility index (Phi) is 4.82. The van der Waals surface area contributed by atoms with Crippen LogP contribution < -0.4 is 5.32 Å². The van der Waals surface area contributed by atoms with Gasteiger partial charge in [0.1, 0.15) is 5.69 Å². The zero-order chi connectivity index (χ0) is 17.8. The van der Waals surface area contributed by atoms with Gasteiger partial charge < -0.3 is 9.84 Å². The molecule has 4 rings (SSSR count). The molecule has 6 nitrogen and oxygen atoms in total. The predicted molar refractivity (Wildman–Crippen MR) is 98.8 cm³/mol. The molecule has 1 saturated carbocycles. The molecule has 0 radical (unpaired) electrons. The summed E-state index contributed by atoms with van der Waals surface area (Å²) in [5.74, 6) is 1.05. The third-order valence-corrected chi connectivity index (χ3v) is 4.91. The first-order valence-corrected chi connectivity index (χ1v) is 9.16. The Hall–Kier alpha value is -2.89. The largest absolute Gasteiger partial charge is 0.350 e. The highest BCUT2D eigenvalue weighted by Gasteiger charge is 2.17. The maximum Gasteiger partial charge on any atom is 0.295 e. The average molecular weight is 350 g/mol. The van der Waals surface area contributed by atoms with E-state index in [-0.39, 0.29) is 11.7 Å². The number of carbonyl (C=O) groups excluding carboxylic acids is 1. The highest BCUT2D eigenvalue weighted by atomic mass is 16.5. The summed E-state index contributed by atoms with van der Waals surface area (Å²) in [6.07, 6.45) is 7.53. The number of hydrogen-bond donors (Lipinski definition) is 2. The summed E-state index contributed by atoms with van der Waals surface area (Å²) in [7, 11) is 0. The second kappa shape index (κ2) is 7.56. The fourth-order valence-electron chi connectivity index (χ4n) is 3.54. The zero-order valence-electron chi connectivity index (χ0n) is 14.6. The number of nitrogens with one attached hydrogen (secondary N) is 2. The van der Waals surface area contributed by atoms with Gasteiger partial charge in [0.05, 0.1) is 0 Å². The SMILES string of the molecule is O=C(Nc1cc(CC2CCCCC2)[nH]n1)c1cc(-c2ccccc2)no1. The monoisotopic (exact) mass is 350 g/mol. The van der Waals surface area contributed by atoms with Gasteiger partial charge >= 0.3 is 0 Å². The van der Waals surface area contributed by atoms with Crippen LogP contribution in [0.15, 0.2) is 47.0 Å². The highest BCUT2D eigenvalue weighted by Crippen LogP contribution is 2.27. The third-order valence-electron chi connectivity index (χ3n) is 4.91. The molecule has 134 valence electrons. The highest BCUT2D eigenvalue weighted by molar-refractivity contribution is 6.02. The smallest absolute Gasteiger partial charge is 0.295 e. The lowest BCUT2D eigenvalue weighted by molar-refractivity contribution is 0.0987. The van der Waals surface area contributed by atoms with Crippen LogP contribution in [0.25, 0.3) is 11.3 Å². The minimum atomic E-state index is -0.351. The number of aromatic amines is 1. The molecule has 2 heterocycles. The van der Waals surface area contributed by atoms with Crippen molar-refractivity contribution in [2.75, 3.05) is 5.32 Å². The number of carbonyl (C=O) groups is 1. The van der Waals surface area contributed by atoms with Gasteiger partial charge in [0.25, 0.3) is 5.91 Å². The van der Waals surface area contributed by atoms with E-state index in [2.05, 4.69) is 20.7 Å². The van der Waals surface area contributed by atoms with E-state index in [9.17, 15) is 4.79 Å². The number of aromatic nitrogens is 3. The summed E-state index contributed by atoms with van der Waals surface area (Å²) in [6, 6.07) is 13.2. The first-order valence-electron chi connectivity index (χ1n) is 9.16. The van der Waals surface area contributed by atoms with E-state index in [1.54, 1.807) is 6.07 Å². The van der Waals surface area contributed by atoms with Gasteiger partial charge in [0, 0.05) is 23.4 Å². The number of hydrogen-bond acceptors (Lipinski definition) is 4. The maximum atomic E-state index is 12.4. The Bertz CT molecular complexity index is 863. The second-order valence-corrected chi connectivity index (χ2v) is 6.88. The van der Waals surface area contributed by atoms with E-state index in [0.717, 1.165) is 23.6 Å². The zero-order valence-corrected chi connectivity index (χ0v) is 14.6. The maximum absolute atomic E-state index is 12.4. The molecule has 1 fully saturated rings. The topological polar surface area (TPSA) is 83.8 Å². The summed E-state index contributed by atoms with van der Waals surface area (Å²) in [5.41, 5.74) is 2.61. The fourth-order valence-corrected chi connectivity index (χ4v) is 3.54. The number of anilines is 1. The molecule has 0 bridgehead atoms. The normalized spacial score (nSPS) is 15.1. The summed E-state index contributed by atoms with van der Waals surface area (Å²) in [5, 5.41) is 14.0. The molecule has 26 heavy (non-hydrogen) atoms. The first kappa shape index (κ1) is 16.6. The van der Waals surface area contributed by atoms with Gasteiger partial charge in [-0.05, 0) is 12.3 Å². The van der Waals surface area contributed by atoms with Crippen molar-refractivity contribution in [3.05, 3.63) is 53.9 Å². The molecule has 6 heteroatoms. The van der Waals surface area contributed by atoms with Crippen LogP contribution in [0, 0.1) is 5.92 Å². The Balaban J connectivity index is 1.38. The Morgan fingerprint density at radius 3 is 2.77 bits per heavy atom. The lowest BCUT2D eigenvalue weighted by atomic mass is 9.86. The minimum absolute atomic E-state index is 0.167. The van der Waals surface area contributed by atoms with Crippen LogP contribution in [-0.2, 0) is 6.42 Å². The molecule has 0 spiro atoms. The quantitative estimate of drug-likeness (QED) is 0.712. The van der Waals surface area contributed by atoms with Crippen LogP contribution in [0.4, 0.5) is 5.82 Å². The van der Waals surface area contributed by atoms with Crippen LogP contribution in [0.1, 0.15) is 48.4 Å². The van der Waals surface area contributed by atoms with Crippen molar-refractivity contribution in [3.8, 4) is 11.3 Å². The van der Waals surface area contributed by atoms with Gasteiger partial charge in [-0.25, -0.2) is 0 Å². The Morgan fingerprint density at radius 2 is 1.96 bits per heavy atom. The molecular weight excluding hydrogens is 328 g/mol. The summed E-state index contributed by atoms with van der Waals surface area (Å²) in [6.45, 7) is 0. The number of H-pyrrole nitrogens is 1. The molecule has 2 N–H and O–H groups in total. The van der Waals surface area contributed by atoms with Crippen molar-refractivity contribution < 1.29 is 9.32 Å². The van der Waals surface area contributed by atoms with E-state index < -0.39 is 0 Å². The van der Waals surface area contributed by atoms with E-state index in [4.69, 9.17) is 4.52 Å². The van der Waals surface area contributed by atoms with Crippen LogP contribution >= 0.6 is 0 Å². The van der Waals surface area contributed by atoms with Crippen LogP contribution in [0.5, 0.6) is 0 Å². The summed E-state index contributed by atoms with van der Waals surface area (Å²) < 4.78 is 5.18. The fraction of sp³-hybridized carbons (Fsp3) is 0.350. The molecular formula is C20H22N4O2. The number of benzene rings is 1. The molecule has 1 aromatic carbocycles. The minimum Gasteiger partial charge on any atom is -0.350 e. The molecule has 1 aliphatic carbocycles. The van der Waals surface area contributed by atoms with Crippen LogP contribution in [0.2, 0.25) is 0 Å². The predicted octanol–water partition coefficient (Wildman–Crippen LogP) is 4.44. The van der Waals surface area contributed by atoms with Crippen LogP contribution in [-0.4, -0.2) is 21.3 Å². The molecule has 0 unspecified atom stereocenters. The van der Waals surface area contributed by atoms with Gasteiger partial charge in [0.15, 0.2) is 5.82 Å². The second-order valence-electron chi connectivity index (χ2n) is 6.88. The molecule has 0 saturated heterocycles. The molecule has 0 atom stereocenters. The van der Waals surface area contributed by atoms with Crippen molar-refractivity contribution in [2.45, 2.75) is 38.5 Å². The average Bonchev–Trinajstić information content (AvgIpc) is 3.33. The molecule has 3 aromatic rings. The molecule has 1 aliphatic rings. The van der Waals surface area contributed by atoms with Gasteiger partial charge in [0.2, 0.25) is 5.76 Å². The molecule has 2 aromatic heterocycles. The summed E-state index contributed by atoms with van der Waals surface area (Å²) in [4.78, 5) is 12.4. The lowest BCUT2D eigenvalue weighted by Crippen LogP contribution is -2.11. The van der Waals surface area contributed by atoms with Crippen molar-refractivity contribution in [1.29, 1.82) is 0 Å². The van der Waals surface area contributed by atoms with Crippen LogP contribution in [0.3, 0.4) is 0 Å². The van der Waals surface area contributed by atoms with Crippen molar-refractivity contribution in [2.24, 2.45) is 5.92 Å². The third kappa shape index (κ3) is 3.85. The molecule has 0 aliphatic heterocycles. The van der Waals surface area contributed by atoms with E-state index >= 15 is 0 Å². The van der Waals surface area contributed by atoms with E-state index in [1.165, 1.54) is 32.1 Å². The van der Waals surface area contributed by atoms with Gasteiger partial charge in [-0.1, -0.05) is 67.6 Å². The Morgan fingerprint density at radius 1 is 1.15 bits per heavy atom. The molecule has 1 amide bonds. The standard InChI is InChI=1S/C20H22N4O2/c25-20(18-13-17(24-26-18)15-9-5-2-6-10-15)21-19-12-16(22-23-19)11-14-7-3-1-4-8-14/h2,5-6,9-10,12-14H,1,3-4,7-8,11H2,(H2,21,22,23,25).